The molecule has 1 amide bonds. The Balaban J connectivity index is 1.78. The zero-order chi connectivity index (χ0) is 19.7. The predicted octanol–water partition coefficient (Wildman–Crippen LogP) is 4.29. The third kappa shape index (κ3) is 3.06. The molecule has 1 saturated heterocycles. The summed E-state index contributed by atoms with van der Waals surface area (Å²) in [5, 5.41) is 3.94. The highest BCUT2D eigenvalue weighted by atomic mass is 32.2. The van der Waals surface area contributed by atoms with Crippen molar-refractivity contribution >= 4 is 40.8 Å². The van der Waals surface area contributed by atoms with Gasteiger partial charge in [0.2, 0.25) is 0 Å². The van der Waals surface area contributed by atoms with E-state index in [4.69, 9.17) is 0 Å². The largest absolute Gasteiger partial charge is 0.298 e. The first-order chi connectivity index (χ1) is 14.3. The third-order valence-corrected chi connectivity index (χ3v) is 10.6. The maximum Gasteiger partial charge on any atom is 0.261 e. The van der Waals surface area contributed by atoms with Gasteiger partial charge >= 0.3 is 0 Å². The molecule has 0 aromatic heterocycles. The summed E-state index contributed by atoms with van der Waals surface area (Å²) in [6.45, 7) is 0. The van der Waals surface area contributed by atoms with E-state index in [1.807, 2.05) is 22.9 Å². The van der Waals surface area contributed by atoms with E-state index in [1.54, 1.807) is 0 Å². The highest BCUT2D eigenvalue weighted by Crippen LogP contribution is 2.59. The van der Waals surface area contributed by atoms with Crippen LogP contribution in [0.15, 0.2) is 115 Å². The Morgan fingerprint density at radius 2 is 1.28 bits per heavy atom. The highest BCUT2D eigenvalue weighted by molar-refractivity contribution is 8.00. The molecule has 0 aliphatic carbocycles. The molecule has 2 heterocycles. The van der Waals surface area contributed by atoms with Gasteiger partial charge in [-0.25, -0.2) is 0 Å². The van der Waals surface area contributed by atoms with Crippen LogP contribution in [0.5, 0.6) is 0 Å². The van der Waals surface area contributed by atoms with Gasteiger partial charge in [-0.15, -0.1) is 11.8 Å². The van der Waals surface area contributed by atoms with Crippen molar-refractivity contribution in [1.29, 1.82) is 0 Å². The molecule has 0 bridgehead atoms. The third-order valence-electron chi connectivity index (χ3n) is 5.44. The average molecular weight is 414 g/mol. The van der Waals surface area contributed by atoms with Gasteiger partial charge in [-0.05, 0) is 36.4 Å². The molecule has 29 heavy (non-hydrogen) atoms. The summed E-state index contributed by atoms with van der Waals surface area (Å²) < 4.78 is 0. The molecule has 3 aromatic carbocycles. The first kappa shape index (κ1) is 18.4. The lowest BCUT2D eigenvalue weighted by Gasteiger charge is -2.42. The lowest BCUT2D eigenvalue weighted by molar-refractivity contribution is -0.130. The van der Waals surface area contributed by atoms with Crippen molar-refractivity contribution in [3.63, 3.8) is 0 Å². The van der Waals surface area contributed by atoms with Crippen LogP contribution in [-0.2, 0) is 4.79 Å². The van der Waals surface area contributed by atoms with Crippen LogP contribution in [0.2, 0.25) is 0 Å². The van der Waals surface area contributed by atoms with Crippen molar-refractivity contribution in [3.8, 4) is 0 Å². The van der Waals surface area contributed by atoms with Gasteiger partial charge in [0, 0.05) is 12.0 Å². The van der Waals surface area contributed by atoms with Crippen LogP contribution in [0.3, 0.4) is 0 Å². The number of carbonyl (C=O) groups is 1. The molecular formula is C25H21NOPS+. The van der Waals surface area contributed by atoms with Crippen molar-refractivity contribution < 1.29 is 4.79 Å². The Kier molecular flexibility index (Phi) is 4.87. The molecule has 0 radical (unpaired) electrons. The van der Waals surface area contributed by atoms with Gasteiger partial charge in [0.05, 0.1) is 11.4 Å². The Morgan fingerprint density at radius 1 is 0.793 bits per heavy atom. The fraction of sp³-hybridized carbons (Fsp3) is 0.0800. The number of rotatable bonds is 4. The minimum Gasteiger partial charge on any atom is -0.298 e. The minimum atomic E-state index is -2.12. The van der Waals surface area contributed by atoms with E-state index in [2.05, 4.69) is 103 Å². The number of hydrogen-bond acceptors (Lipinski definition) is 2. The van der Waals surface area contributed by atoms with E-state index in [9.17, 15) is 4.79 Å². The number of thioether (sulfide) groups is 1. The molecule has 1 fully saturated rings. The summed E-state index contributed by atoms with van der Waals surface area (Å²) in [4.78, 5) is 14.8. The number of amides is 1. The van der Waals surface area contributed by atoms with Gasteiger partial charge in [-0.3, -0.25) is 9.69 Å². The number of fused-ring (bicyclic) bond motifs is 1. The molecule has 2 aliphatic heterocycles. The first-order valence-electron chi connectivity index (χ1n) is 9.70. The van der Waals surface area contributed by atoms with Crippen molar-refractivity contribution in [2.45, 2.75) is 5.37 Å². The van der Waals surface area contributed by atoms with Crippen LogP contribution in [0.4, 0.5) is 0 Å². The van der Waals surface area contributed by atoms with E-state index in [0.29, 0.717) is 0 Å². The smallest absolute Gasteiger partial charge is 0.261 e. The van der Waals surface area contributed by atoms with Crippen LogP contribution in [-0.4, -0.2) is 21.9 Å². The van der Waals surface area contributed by atoms with Crippen LogP contribution < -0.4 is 15.9 Å². The van der Waals surface area contributed by atoms with Crippen molar-refractivity contribution in [1.82, 2.24) is 4.90 Å². The van der Waals surface area contributed by atoms with Crippen molar-refractivity contribution in [3.05, 3.63) is 115 Å². The fourth-order valence-electron chi connectivity index (χ4n) is 4.05. The van der Waals surface area contributed by atoms with Crippen molar-refractivity contribution in [2.75, 3.05) is 5.75 Å². The summed E-state index contributed by atoms with van der Waals surface area (Å²) in [7, 11) is -2.12. The number of benzene rings is 3. The summed E-state index contributed by atoms with van der Waals surface area (Å²) in [5.41, 5.74) is 0.934. The predicted molar refractivity (Wildman–Crippen MR) is 125 cm³/mol. The molecule has 0 unspecified atom stereocenters. The van der Waals surface area contributed by atoms with E-state index < -0.39 is 7.26 Å². The van der Waals surface area contributed by atoms with Crippen LogP contribution in [0.25, 0.3) is 0 Å². The monoisotopic (exact) mass is 414 g/mol. The number of nitrogens with zero attached hydrogens (tertiary/aromatic N) is 1. The molecular weight excluding hydrogens is 393 g/mol. The molecule has 2 nitrogen and oxygen atoms in total. The van der Waals surface area contributed by atoms with Crippen LogP contribution in [0.1, 0.15) is 0 Å². The van der Waals surface area contributed by atoms with E-state index in [-0.39, 0.29) is 11.3 Å². The molecule has 0 N–H and O–H groups in total. The van der Waals surface area contributed by atoms with E-state index in [0.717, 1.165) is 11.3 Å². The Morgan fingerprint density at radius 3 is 1.76 bits per heavy atom. The summed E-state index contributed by atoms with van der Waals surface area (Å²) in [6.07, 6.45) is 4.00. The second-order valence-corrected chi connectivity index (χ2v) is 11.5. The number of hydrogen-bond donors (Lipinski definition) is 0. The average Bonchev–Trinajstić information content (AvgIpc) is 2.81. The van der Waals surface area contributed by atoms with E-state index in [1.165, 1.54) is 15.9 Å². The highest BCUT2D eigenvalue weighted by Gasteiger charge is 2.50. The molecule has 2 aliphatic rings. The lowest BCUT2D eigenvalue weighted by Crippen LogP contribution is -2.51. The van der Waals surface area contributed by atoms with Gasteiger partial charge in [-0.2, -0.15) is 0 Å². The topological polar surface area (TPSA) is 20.3 Å². The van der Waals surface area contributed by atoms with Gasteiger partial charge < -0.3 is 0 Å². The second kappa shape index (κ2) is 7.67. The zero-order valence-electron chi connectivity index (χ0n) is 15.9. The molecule has 3 aromatic rings. The summed E-state index contributed by atoms with van der Waals surface area (Å²) in [6, 6.07) is 32.0. The zero-order valence-corrected chi connectivity index (χ0v) is 17.6. The fourth-order valence-corrected chi connectivity index (χ4v) is 9.15. The number of carbonyl (C=O) groups excluding carboxylic acids is 1. The minimum absolute atomic E-state index is 0.128. The Hall–Kier alpha value is -2.61. The summed E-state index contributed by atoms with van der Waals surface area (Å²) >= 11 is 1.82. The Labute approximate surface area is 176 Å². The molecule has 0 spiro atoms. The van der Waals surface area contributed by atoms with Crippen LogP contribution >= 0.6 is 19.0 Å². The summed E-state index contributed by atoms with van der Waals surface area (Å²) in [5.74, 6) is 3.40. The SMILES string of the molecule is O=C1C(=C[P+](c2ccccc2)(c2ccccc2)c2ccccc2)[C@@H]2SCC=CN12. The molecule has 0 saturated carbocycles. The number of β-lactam (4-membered cyclic amide) rings is 1. The van der Waals surface area contributed by atoms with Gasteiger partial charge in [0.15, 0.2) is 0 Å². The van der Waals surface area contributed by atoms with Crippen molar-refractivity contribution in [2.24, 2.45) is 0 Å². The lowest BCUT2D eigenvalue weighted by atomic mass is 10.1. The first-order valence-corrected chi connectivity index (χ1v) is 12.6. The molecule has 1 atom stereocenters. The van der Waals surface area contributed by atoms with Gasteiger partial charge in [0.1, 0.15) is 28.5 Å². The molecule has 4 heteroatoms. The molecule has 5 rings (SSSR count). The van der Waals surface area contributed by atoms with Crippen LogP contribution in [0, 0.1) is 0 Å². The normalized spacial score (nSPS) is 19.7. The van der Waals surface area contributed by atoms with Gasteiger partial charge in [-0.1, -0.05) is 60.7 Å². The van der Waals surface area contributed by atoms with Gasteiger partial charge in [0.25, 0.3) is 5.91 Å². The quantitative estimate of drug-likeness (QED) is 0.361. The maximum absolute atomic E-state index is 13.0. The second-order valence-electron chi connectivity index (χ2n) is 7.10. The Bertz CT molecular complexity index is 983. The maximum atomic E-state index is 13.0. The van der Waals surface area contributed by atoms with E-state index >= 15 is 0 Å². The molecule has 142 valence electrons. The standard InChI is InChI=1S/C25H21NOPS/c27-24-23(25-26(24)17-10-18-29-25)19-28(20-11-4-1-5-12-20,21-13-6-2-7-14-21)22-15-8-3-9-16-22/h1-17,19,25H,18H2/q+1/t25-/m0/s1.